The Balaban J connectivity index is 2.25. The number of rotatable bonds is 5. The summed E-state index contributed by atoms with van der Waals surface area (Å²) >= 11 is 0. The first-order valence-corrected chi connectivity index (χ1v) is 13.0. The van der Waals surface area contributed by atoms with Gasteiger partial charge >= 0.3 is 7.12 Å². The quantitative estimate of drug-likeness (QED) is 0.579. The number of hydrogen-bond acceptors (Lipinski definition) is 2. The Bertz CT molecular complexity index is 816. The van der Waals surface area contributed by atoms with Gasteiger partial charge in [-0.2, -0.15) is 0 Å². The first-order chi connectivity index (χ1) is 12.9. The van der Waals surface area contributed by atoms with Crippen molar-refractivity contribution in [2.75, 3.05) is 0 Å². The minimum absolute atomic E-state index is 0.325. The van der Waals surface area contributed by atoms with E-state index in [4.69, 9.17) is 9.31 Å². The lowest BCUT2D eigenvalue weighted by Gasteiger charge is -2.44. The largest absolute Gasteiger partial charge is 0.497 e. The molecule has 0 unspecified atom stereocenters. The molecular weight excluding hydrogens is 361 g/mol. The van der Waals surface area contributed by atoms with Crippen LogP contribution in [-0.4, -0.2) is 30.8 Å². The summed E-state index contributed by atoms with van der Waals surface area (Å²) in [4.78, 5) is 0. The zero-order valence-electron chi connectivity index (χ0n) is 19.5. The van der Waals surface area contributed by atoms with Crippen LogP contribution in [0.2, 0.25) is 16.6 Å². The molecule has 2 aromatic rings. The van der Waals surface area contributed by atoms with E-state index in [9.17, 15) is 0 Å². The van der Waals surface area contributed by atoms with Crippen LogP contribution in [0.25, 0.3) is 10.9 Å². The fourth-order valence-corrected chi connectivity index (χ4v) is 12.2. The Kier molecular flexibility index (Phi) is 5.44. The van der Waals surface area contributed by atoms with E-state index in [0.717, 1.165) is 0 Å². The lowest BCUT2D eigenvalue weighted by Crippen LogP contribution is -2.52. The van der Waals surface area contributed by atoms with E-state index in [1.807, 2.05) is 0 Å². The molecule has 3 nitrogen and oxygen atoms in total. The number of para-hydroxylation sites is 1. The monoisotopic (exact) mass is 399 g/mol. The smallest absolute Gasteiger partial charge is 0.399 e. The maximum Gasteiger partial charge on any atom is 0.497 e. The van der Waals surface area contributed by atoms with Gasteiger partial charge in [-0.15, -0.1) is 0 Å². The van der Waals surface area contributed by atoms with Crippen molar-refractivity contribution in [3.05, 3.63) is 30.5 Å². The highest BCUT2D eigenvalue weighted by molar-refractivity contribution is 6.83. The molecule has 0 amide bonds. The summed E-state index contributed by atoms with van der Waals surface area (Å²) in [7, 11) is -2.19. The van der Waals surface area contributed by atoms with Crippen molar-refractivity contribution in [2.24, 2.45) is 0 Å². The molecule has 0 aliphatic carbocycles. The first kappa shape index (κ1) is 21.7. The van der Waals surface area contributed by atoms with Crippen LogP contribution in [0.15, 0.2) is 30.5 Å². The van der Waals surface area contributed by atoms with Gasteiger partial charge < -0.3 is 13.5 Å². The predicted molar refractivity (Wildman–Crippen MR) is 124 cm³/mol. The molecule has 0 atom stereocenters. The molecule has 0 radical (unpaired) electrons. The average molecular weight is 399 g/mol. The molecule has 0 N–H and O–H groups in total. The zero-order valence-corrected chi connectivity index (χ0v) is 20.5. The van der Waals surface area contributed by atoms with Crippen LogP contribution in [0.1, 0.15) is 69.2 Å². The molecule has 1 aliphatic rings. The molecule has 154 valence electrons. The van der Waals surface area contributed by atoms with Crippen LogP contribution in [-0.2, 0) is 9.31 Å². The van der Waals surface area contributed by atoms with Crippen molar-refractivity contribution in [1.82, 2.24) is 4.23 Å². The van der Waals surface area contributed by atoms with Gasteiger partial charge in [0.25, 0.3) is 0 Å². The highest BCUT2D eigenvalue weighted by Crippen LogP contribution is 2.44. The van der Waals surface area contributed by atoms with E-state index in [1.54, 1.807) is 0 Å². The number of aromatic nitrogens is 1. The fourth-order valence-electron chi connectivity index (χ4n) is 5.52. The summed E-state index contributed by atoms with van der Waals surface area (Å²) in [6, 6.07) is 8.79. The number of fused-ring (bicyclic) bond motifs is 1. The Labute approximate surface area is 173 Å². The topological polar surface area (TPSA) is 23.4 Å². The van der Waals surface area contributed by atoms with Crippen LogP contribution in [0, 0.1) is 0 Å². The fraction of sp³-hybridized carbons (Fsp3) is 0.652. The third-order valence-corrected chi connectivity index (χ3v) is 14.2. The lowest BCUT2D eigenvalue weighted by molar-refractivity contribution is 0.00578. The SMILES string of the molecule is CC(C)[Si](C(C)C)(C(C)C)n1cc(B2OC(C)(C)C(C)(C)O2)c2ccccc21. The Morgan fingerprint density at radius 3 is 1.75 bits per heavy atom. The first-order valence-electron chi connectivity index (χ1n) is 10.8. The summed E-state index contributed by atoms with van der Waals surface area (Å²) < 4.78 is 15.6. The Hall–Kier alpha value is -1.04. The molecule has 0 saturated carbocycles. The summed E-state index contributed by atoms with van der Waals surface area (Å²) in [5.74, 6) is 0. The second kappa shape index (κ2) is 7.03. The summed E-state index contributed by atoms with van der Waals surface area (Å²) in [6.07, 6.45) is 2.37. The Morgan fingerprint density at radius 2 is 1.29 bits per heavy atom. The van der Waals surface area contributed by atoms with Crippen LogP contribution in [0.4, 0.5) is 0 Å². The molecule has 3 rings (SSSR count). The van der Waals surface area contributed by atoms with Crippen molar-refractivity contribution >= 4 is 31.7 Å². The molecular formula is C23H38BNO2Si. The van der Waals surface area contributed by atoms with E-state index < -0.39 is 8.24 Å². The maximum absolute atomic E-state index is 6.45. The third kappa shape index (κ3) is 3.01. The van der Waals surface area contributed by atoms with Gasteiger partial charge in [0.2, 0.25) is 0 Å². The minimum atomic E-state index is -1.86. The normalized spacial score (nSPS) is 19.5. The molecule has 1 fully saturated rings. The number of hydrogen-bond donors (Lipinski definition) is 0. The van der Waals surface area contributed by atoms with Gasteiger partial charge in [-0.3, -0.25) is 0 Å². The van der Waals surface area contributed by atoms with Crippen LogP contribution in [0.3, 0.4) is 0 Å². The van der Waals surface area contributed by atoms with Gasteiger partial charge in [-0.05, 0) is 62.0 Å². The summed E-state index contributed by atoms with van der Waals surface area (Å²) in [6.45, 7) is 23.0. The molecule has 28 heavy (non-hydrogen) atoms. The van der Waals surface area contributed by atoms with E-state index in [-0.39, 0.29) is 18.3 Å². The van der Waals surface area contributed by atoms with Crippen molar-refractivity contribution < 1.29 is 9.31 Å². The van der Waals surface area contributed by atoms with E-state index in [0.29, 0.717) is 16.6 Å². The summed E-state index contributed by atoms with van der Waals surface area (Å²) in [5.41, 5.74) is 3.74. The van der Waals surface area contributed by atoms with Crippen molar-refractivity contribution in [3.8, 4) is 0 Å². The zero-order chi connectivity index (χ0) is 21.1. The van der Waals surface area contributed by atoms with Gasteiger partial charge in [0.1, 0.15) is 0 Å². The van der Waals surface area contributed by atoms with Gasteiger partial charge in [0.05, 0.1) is 11.2 Å². The van der Waals surface area contributed by atoms with Gasteiger partial charge in [-0.1, -0.05) is 59.7 Å². The van der Waals surface area contributed by atoms with E-state index in [1.165, 1.54) is 16.4 Å². The minimum Gasteiger partial charge on any atom is -0.399 e. The molecule has 0 spiro atoms. The molecule has 0 bridgehead atoms. The standard InChI is InChI=1S/C23H38BNO2Si/c1-16(2)28(17(3)4,18(5)6)25-15-20(19-13-11-12-14-21(19)25)24-26-22(7,8)23(9,10)27-24/h11-18H,1-10H3. The average Bonchev–Trinajstić information content (AvgIpc) is 3.02. The van der Waals surface area contributed by atoms with Crippen LogP contribution >= 0.6 is 0 Å². The van der Waals surface area contributed by atoms with Crippen molar-refractivity contribution in [1.29, 1.82) is 0 Å². The molecule has 1 saturated heterocycles. The second-order valence-corrected chi connectivity index (χ2v) is 16.1. The van der Waals surface area contributed by atoms with Crippen molar-refractivity contribution in [2.45, 2.75) is 97.1 Å². The molecule has 1 aromatic heterocycles. The van der Waals surface area contributed by atoms with E-state index in [2.05, 4.69) is 104 Å². The highest BCUT2D eigenvalue weighted by Gasteiger charge is 2.53. The maximum atomic E-state index is 6.45. The molecule has 1 aromatic carbocycles. The van der Waals surface area contributed by atoms with Crippen LogP contribution < -0.4 is 5.46 Å². The third-order valence-electron chi connectivity index (χ3n) is 7.44. The second-order valence-electron chi connectivity index (χ2n) is 10.4. The van der Waals surface area contributed by atoms with Crippen molar-refractivity contribution in [3.63, 3.8) is 0 Å². The van der Waals surface area contributed by atoms with Gasteiger partial charge in [-0.25, -0.2) is 0 Å². The molecule has 1 aliphatic heterocycles. The van der Waals surface area contributed by atoms with Gasteiger partial charge in [0.15, 0.2) is 8.24 Å². The number of benzene rings is 1. The predicted octanol–water partition coefficient (Wildman–Crippen LogP) is 5.96. The Morgan fingerprint density at radius 1 is 0.821 bits per heavy atom. The van der Waals surface area contributed by atoms with Crippen LogP contribution in [0.5, 0.6) is 0 Å². The molecule has 5 heteroatoms. The van der Waals surface area contributed by atoms with Gasteiger partial charge in [0, 0.05) is 11.0 Å². The lowest BCUT2D eigenvalue weighted by atomic mass is 9.79. The molecule has 2 heterocycles. The van der Waals surface area contributed by atoms with E-state index >= 15 is 0 Å². The number of nitrogens with zero attached hydrogens (tertiary/aromatic N) is 1. The summed E-state index contributed by atoms with van der Waals surface area (Å²) in [5, 5.41) is 1.26. The highest BCUT2D eigenvalue weighted by atomic mass is 28.3.